The monoisotopic (exact) mass is 304 g/mol. The minimum Gasteiger partial charge on any atom is -0.444 e. The van der Waals surface area contributed by atoms with Crippen LogP contribution in [0.4, 0.5) is 4.79 Å². The quantitative estimate of drug-likeness (QED) is 0.791. The standard InChI is InChI=1S/C13H24N2O4S/c1-13(2,3)19-12(16)15-8-7-10(9-15)14(4)20(17,18)11-5-6-11/h10-11H,5-9H2,1-4H3. The molecule has 1 amide bonds. The van der Waals surface area contributed by atoms with Gasteiger partial charge in [0.15, 0.2) is 0 Å². The van der Waals surface area contributed by atoms with Gasteiger partial charge in [-0.3, -0.25) is 0 Å². The van der Waals surface area contributed by atoms with Crippen molar-refractivity contribution >= 4 is 16.1 Å². The Kier molecular flexibility index (Phi) is 4.03. The fraction of sp³-hybridized carbons (Fsp3) is 0.923. The van der Waals surface area contributed by atoms with Crippen molar-refractivity contribution in [1.29, 1.82) is 0 Å². The Bertz CT molecular complexity index is 479. The van der Waals surface area contributed by atoms with Crippen LogP contribution in [-0.4, -0.2) is 60.7 Å². The number of likely N-dealkylation sites (N-methyl/N-ethyl adjacent to an activating group) is 1. The second kappa shape index (κ2) is 5.18. The number of nitrogens with zero attached hydrogens (tertiary/aromatic N) is 2. The molecule has 1 aliphatic heterocycles. The Labute approximate surface area is 121 Å². The molecule has 0 N–H and O–H groups in total. The van der Waals surface area contributed by atoms with Gasteiger partial charge in [0.05, 0.1) is 5.25 Å². The molecule has 1 unspecified atom stereocenters. The molecule has 7 heteroatoms. The zero-order valence-electron chi connectivity index (χ0n) is 12.6. The minimum atomic E-state index is -3.18. The van der Waals surface area contributed by atoms with E-state index in [1.54, 1.807) is 11.9 Å². The van der Waals surface area contributed by atoms with E-state index in [0.717, 1.165) is 12.8 Å². The molecule has 2 rings (SSSR count). The van der Waals surface area contributed by atoms with Gasteiger partial charge in [0.25, 0.3) is 0 Å². The van der Waals surface area contributed by atoms with Crippen molar-refractivity contribution in [3.8, 4) is 0 Å². The molecule has 0 aromatic carbocycles. The third kappa shape index (κ3) is 3.44. The highest BCUT2D eigenvalue weighted by molar-refractivity contribution is 7.90. The molecule has 1 atom stereocenters. The molecular formula is C13H24N2O4S. The lowest BCUT2D eigenvalue weighted by molar-refractivity contribution is 0.0287. The third-order valence-corrected chi connectivity index (χ3v) is 6.09. The Morgan fingerprint density at radius 2 is 1.85 bits per heavy atom. The number of ether oxygens (including phenoxy) is 1. The van der Waals surface area contributed by atoms with Gasteiger partial charge in [-0.2, -0.15) is 4.31 Å². The minimum absolute atomic E-state index is 0.131. The summed E-state index contributed by atoms with van der Waals surface area (Å²) >= 11 is 0. The Morgan fingerprint density at radius 1 is 1.25 bits per heavy atom. The summed E-state index contributed by atoms with van der Waals surface area (Å²) in [6.45, 7) is 6.42. The van der Waals surface area contributed by atoms with E-state index in [0.29, 0.717) is 19.5 Å². The number of carbonyl (C=O) groups is 1. The Balaban J connectivity index is 1.93. The lowest BCUT2D eigenvalue weighted by atomic mass is 10.2. The predicted octanol–water partition coefficient (Wildman–Crippen LogP) is 1.42. The molecule has 6 nitrogen and oxygen atoms in total. The molecule has 2 fully saturated rings. The molecule has 0 aromatic heterocycles. The number of rotatable bonds is 3. The average molecular weight is 304 g/mol. The summed E-state index contributed by atoms with van der Waals surface area (Å²) in [7, 11) is -1.56. The molecule has 1 saturated heterocycles. The van der Waals surface area contributed by atoms with E-state index < -0.39 is 15.6 Å². The molecule has 1 aliphatic carbocycles. The van der Waals surface area contributed by atoms with Crippen LogP contribution >= 0.6 is 0 Å². The average Bonchev–Trinajstić information content (AvgIpc) is 3.04. The third-order valence-electron chi connectivity index (χ3n) is 3.68. The summed E-state index contributed by atoms with van der Waals surface area (Å²) in [6.07, 6.45) is 1.82. The summed E-state index contributed by atoms with van der Waals surface area (Å²) in [6, 6.07) is -0.131. The highest BCUT2D eigenvalue weighted by atomic mass is 32.2. The molecule has 2 aliphatic rings. The van der Waals surface area contributed by atoms with Gasteiger partial charge >= 0.3 is 6.09 Å². The van der Waals surface area contributed by atoms with Crippen LogP contribution in [0.1, 0.15) is 40.0 Å². The Hall–Kier alpha value is -0.820. The molecule has 0 bridgehead atoms. The van der Waals surface area contributed by atoms with Crippen LogP contribution in [0.15, 0.2) is 0 Å². The van der Waals surface area contributed by atoms with E-state index in [1.807, 2.05) is 20.8 Å². The van der Waals surface area contributed by atoms with Crippen molar-refractivity contribution in [2.45, 2.75) is 56.9 Å². The molecule has 116 valence electrons. The zero-order valence-corrected chi connectivity index (χ0v) is 13.4. The fourth-order valence-electron chi connectivity index (χ4n) is 2.34. The summed E-state index contributed by atoms with van der Waals surface area (Å²) in [4.78, 5) is 13.6. The summed E-state index contributed by atoms with van der Waals surface area (Å²) in [5.41, 5.74) is -0.527. The first-order valence-corrected chi connectivity index (χ1v) is 8.56. The maximum atomic E-state index is 12.2. The molecule has 0 aromatic rings. The van der Waals surface area contributed by atoms with E-state index in [1.165, 1.54) is 4.31 Å². The van der Waals surface area contributed by atoms with Gasteiger partial charge in [-0.1, -0.05) is 0 Å². The molecule has 1 heterocycles. The molecule has 20 heavy (non-hydrogen) atoms. The summed E-state index contributed by atoms with van der Waals surface area (Å²) < 4.78 is 31.1. The van der Waals surface area contributed by atoms with Crippen molar-refractivity contribution < 1.29 is 17.9 Å². The van der Waals surface area contributed by atoms with Crippen molar-refractivity contribution in [3.63, 3.8) is 0 Å². The predicted molar refractivity (Wildman–Crippen MR) is 75.9 cm³/mol. The van der Waals surface area contributed by atoms with Crippen molar-refractivity contribution in [2.24, 2.45) is 0 Å². The highest BCUT2D eigenvalue weighted by Crippen LogP contribution is 2.32. The van der Waals surface area contributed by atoms with Crippen LogP contribution in [0.3, 0.4) is 0 Å². The largest absolute Gasteiger partial charge is 0.444 e. The first-order chi connectivity index (χ1) is 9.11. The molecular weight excluding hydrogens is 280 g/mol. The van der Waals surface area contributed by atoms with Gasteiger partial charge in [-0.25, -0.2) is 13.2 Å². The van der Waals surface area contributed by atoms with Gasteiger partial charge in [-0.15, -0.1) is 0 Å². The number of sulfonamides is 1. The van der Waals surface area contributed by atoms with Gasteiger partial charge in [0.2, 0.25) is 10.0 Å². The first kappa shape index (κ1) is 15.6. The van der Waals surface area contributed by atoms with Gasteiger partial charge < -0.3 is 9.64 Å². The number of hydrogen-bond donors (Lipinski definition) is 0. The number of hydrogen-bond acceptors (Lipinski definition) is 4. The van der Waals surface area contributed by atoms with Gasteiger partial charge in [-0.05, 0) is 40.0 Å². The van der Waals surface area contributed by atoms with E-state index in [2.05, 4.69) is 0 Å². The van der Waals surface area contributed by atoms with Crippen LogP contribution in [0.25, 0.3) is 0 Å². The van der Waals surface area contributed by atoms with Gasteiger partial charge in [0.1, 0.15) is 5.60 Å². The smallest absolute Gasteiger partial charge is 0.410 e. The number of carbonyl (C=O) groups excluding carboxylic acids is 1. The van der Waals surface area contributed by atoms with Crippen LogP contribution < -0.4 is 0 Å². The van der Waals surface area contributed by atoms with E-state index in [4.69, 9.17) is 4.74 Å². The molecule has 0 radical (unpaired) electrons. The fourth-order valence-corrected chi connectivity index (χ4v) is 4.13. The lowest BCUT2D eigenvalue weighted by Gasteiger charge is -2.26. The zero-order chi connectivity index (χ0) is 15.1. The van der Waals surface area contributed by atoms with E-state index >= 15 is 0 Å². The second-order valence-electron chi connectivity index (χ2n) is 6.63. The van der Waals surface area contributed by atoms with Crippen LogP contribution in [0.2, 0.25) is 0 Å². The lowest BCUT2D eigenvalue weighted by Crippen LogP contribution is -2.42. The number of amides is 1. The summed E-state index contributed by atoms with van der Waals surface area (Å²) in [5.74, 6) is 0. The normalized spacial score (nSPS) is 24.2. The highest BCUT2D eigenvalue weighted by Gasteiger charge is 2.43. The SMILES string of the molecule is CN(C1CCN(C(=O)OC(C)(C)C)C1)S(=O)(=O)C1CC1. The van der Waals surface area contributed by atoms with Crippen molar-refractivity contribution in [3.05, 3.63) is 0 Å². The topological polar surface area (TPSA) is 66.9 Å². The summed E-state index contributed by atoms with van der Waals surface area (Å²) in [5, 5.41) is -0.205. The maximum Gasteiger partial charge on any atom is 0.410 e. The van der Waals surface area contributed by atoms with Crippen molar-refractivity contribution in [1.82, 2.24) is 9.21 Å². The maximum absolute atomic E-state index is 12.2. The van der Waals surface area contributed by atoms with Crippen LogP contribution in [0.5, 0.6) is 0 Å². The van der Waals surface area contributed by atoms with Crippen LogP contribution in [0, 0.1) is 0 Å². The van der Waals surface area contributed by atoms with E-state index in [9.17, 15) is 13.2 Å². The van der Waals surface area contributed by atoms with Gasteiger partial charge in [0, 0.05) is 26.2 Å². The Morgan fingerprint density at radius 3 is 2.35 bits per heavy atom. The molecule has 0 spiro atoms. The first-order valence-electron chi connectivity index (χ1n) is 7.06. The van der Waals surface area contributed by atoms with Crippen LogP contribution in [-0.2, 0) is 14.8 Å². The number of likely N-dealkylation sites (tertiary alicyclic amines) is 1. The molecule has 1 saturated carbocycles. The second-order valence-corrected chi connectivity index (χ2v) is 8.90. The van der Waals surface area contributed by atoms with E-state index in [-0.39, 0.29) is 17.4 Å². The van der Waals surface area contributed by atoms with Crippen molar-refractivity contribution in [2.75, 3.05) is 20.1 Å².